The summed E-state index contributed by atoms with van der Waals surface area (Å²) in [6, 6.07) is 44.4. The first-order chi connectivity index (χ1) is 18.6. The lowest BCUT2D eigenvalue weighted by Crippen LogP contribution is -2.42. The maximum absolute atomic E-state index is 4.12. The van der Waals surface area contributed by atoms with Crippen molar-refractivity contribution in [3.8, 4) is 0 Å². The van der Waals surface area contributed by atoms with Gasteiger partial charge in [0, 0.05) is 12.0 Å². The van der Waals surface area contributed by atoms with Gasteiger partial charge in [-0.2, -0.15) is 0 Å². The molecule has 0 fully saturated rings. The predicted molar refractivity (Wildman–Crippen MR) is 164 cm³/mol. The van der Waals surface area contributed by atoms with Crippen molar-refractivity contribution in [1.29, 1.82) is 0 Å². The second-order valence-electron chi connectivity index (χ2n) is 10.2. The molecule has 0 unspecified atom stereocenters. The van der Waals surface area contributed by atoms with Crippen molar-refractivity contribution in [3.05, 3.63) is 156 Å². The Labute approximate surface area is 229 Å². The van der Waals surface area contributed by atoms with Crippen LogP contribution in [-0.4, -0.2) is 25.0 Å². The molecule has 0 spiro atoms. The fourth-order valence-electron chi connectivity index (χ4n) is 5.59. The van der Waals surface area contributed by atoms with Gasteiger partial charge in [0.25, 0.3) is 0 Å². The minimum Gasteiger partial charge on any atom is -0.305 e. The van der Waals surface area contributed by atoms with Gasteiger partial charge >= 0.3 is 0 Å². The fourth-order valence-corrected chi connectivity index (χ4v) is 8.27. The highest BCUT2D eigenvalue weighted by Crippen LogP contribution is 2.50. The molecule has 0 saturated carbocycles. The largest absolute Gasteiger partial charge is 0.305 e. The van der Waals surface area contributed by atoms with Crippen molar-refractivity contribution in [2.24, 2.45) is 5.92 Å². The molecule has 1 aliphatic carbocycles. The zero-order valence-corrected chi connectivity index (χ0v) is 23.4. The molecule has 0 radical (unpaired) electrons. The maximum atomic E-state index is 4.12. The van der Waals surface area contributed by atoms with Crippen LogP contribution in [0.5, 0.6) is 0 Å². The number of allylic oxidation sites excluding steroid dienone is 2. The number of hydrogen-bond acceptors (Lipinski definition) is 2. The second kappa shape index (κ2) is 12.5. The fraction of sp³-hybridized carbons (Fsp3) is 0.200. The molecule has 4 atom stereocenters. The van der Waals surface area contributed by atoms with Crippen molar-refractivity contribution < 1.29 is 0 Å². The first kappa shape index (κ1) is 26.3. The van der Waals surface area contributed by atoms with Crippen molar-refractivity contribution in [1.82, 2.24) is 10.2 Å². The molecule has 0 amide bonds. The average molecular weight is 517 g/mol. The number of rotatable bonds is 10. The van der Waals surface area contributed by atoms with Crippen LogP contribution in [0.4, 0.5) is 0 Å². The molecule has 0 bridgehead atoms. The van der Waals surface area contributed by atoms with Crippen LogP contribution in [0, 0.1) is 5.92 Å². The van der Waals surface area contributed by atoms with E-state index in [9.17, 15) is 0 Å². The summed E-state index contributed by atoms with van der Waals surface area (Å²) in [5.41, 5.74) is 2.63. The van der Waals surface area contributed by atoms with Crippen LogP contribution in [0.2, 0.25) is 0 Å². The van der Waals surface area contributed by atoms with Gasteiger partial charge in [-0.25, -0.2) is 0 Å². The SMILES string of the molecule is C[C@@H](N[C@@H](c1ccccc1)[C@H](c1ccccc1)N(C)C)[C@@H]1C=CC=C1P(c1ccccc1)c1ccccc1. The summed E-state index contributed by atoms with van der Waals surface area (Å²) in [4.78, 5) is 2.34. The highest BCUT2D eigenvalue weighted by atomic mass is 31.1. The molecule has 1 aliphatic rings. The Kier molecular flexibility index (Phi) is 8.66. The number of nitrogens with zero attached hydrogens (tertiary/aromatic N) is 1. The number of hydrogen-bond donors (Lipinski definition) is 1. The molecule has 0 aliphatic heterocycles. The van der Waals surface area contributed by atoms with Crippen LogP contribution < -0.4 is 15.9 Å². The van der Waals surface area contributed by atoms with E-state index >= 15 is 0 Å². The van der Waals surface area contributed by atoms with Gasteiger partial charge < -0.3 is 10.2 Å². The van der Waals surface area contributed by atoms with Crippen LogP contribution in [-0.2, 0) is 0 Å². The molecule has 38 heavy (non-hydrogen) atoms. The van der Waals surface area contributed by atoms with Crippen LogP contribution in [0.3, 0.4) is 0 Å². The van der Waals surface area contributed by atoms with E-state index in [-0.39, 0.29) is 18.1 Å². The average Bonchev–Trinajstić information content (AvgIpc) is 3.44. The normalized spacial score (nSPS) is 17.4. The summed E-state index contributed by atoms with van der Waals surface area (Å²) in [7, 11) is 3.74. The quantitative estimate of drug-likeness (QED) is 0.224. The molecule has 1 N–H and O–H groups in total. The van der Waals surface area contributed by atoms with Gasteiger partial charge in [0.2, 0.25) is 0 Å². The lowest BCUT2D eigenvalue weighted by molar-refractivity contribution is 0.216. The zero-order valence-electron chi connectivity index (χ0n) is 22.5. The second-order valence-corrected chi connectivity index (χ2v) is 12.4. The van der Waals surface area contributed by atoms with Gasteiger partial charge in [0.15, 0.2) is 0 Å². The van der Waals surface area contributed by atoms with Crippen LogP contribution in [0.15, 0.2) is 145 Å². The van der Waals surface area contributed by atoms with Crippen molar-refractivity contribution in [2.75, 3.05) is 14.1 Å². The van der Waals surface area contributed by atoms with Gasteiger partial charge in [-0.3, -0.25) is 0 Å². The van der Waals surface area contributed by atoms with Gasteiger partial charge in [0.1, 0.15) is 0 Å². The monoisotopic (exact) mass is 516 g/mol. The Bertz CT molecular complexity index is 1290. The van der Waals surface area contributed by atoms with Gasteiger partial charge in [0.05, 0.1) is 12.1 Å². The van der Waals surface area contributed by atoms with E-state index in [4.69, 9.17) is 0 Å². The highest BCUT2D eigenvalue weighted by molar-refractivity contribution is 7.76. The third-order valence-electron chi connectivity index (χ3n) is 7.37. The molecule has 2 nitrogen and oxygen atoms in total. The first-order valence-electron chi connectivity index (χ1n) is 13.4. The summed E-state index contributed by atoms with van der Waals surface area (Å²) in [6.07, 6.45) is 7.02. The van der Waals surface area contributed by atoms with E-state index in [0.717, 1.165) is 0 Å². The minimum atomic E-state index is -0.626. The van der Waals surface area contributed by atoms with E-state index in [2.05, 4.69) is 171 Å². The van der Waals surface area contributed by atoms with E-state index in [1.165, 1.54) is 27.1 Å². The third-order valence-corrected chi connectivity index (χ3v) is 9.96. The number of benzene rings is 4. The Balaban J connectivity index is 1.49. The molecular weight excluding hydrogens is 479 g/mol. The highest BCUT2D eigenvalue weighted by Gasteiger charge is 2.33. The molecule has 0 saturated heterocycles. The van der Waals surface area contributed by atoms with E-state index in [1.54, 1.807) is 0 Å². The van der Waals surface area contributed by atoms with Crippen molar-refractivity contribution in [2.45, 2.75) is 25.0 Å². The molecular formula is C35H37N2P. The van der Waals surface area contributed by atoms with Crippen molar-refractivity contribution in [3.63, 3.8) is 0 Å². The Hall–Kier alpha value is -3.29. The third kappa shape index (κ3) is 5.89. The number of likely N-dealkylation sites (N-methyl/N-ethyl adjacent to an activating group) is 1. The molecule has 4 aromatic rings. The van der Waals surface area contributed by atoms with Crippen molar-refractivity contribution >= 4 is 18.5 Å². The smallest absolute Gasteiger partial charge is 0.0538 e. The zero-order chi connectivity index (χ0) is 26.3. The molecule has 5 rings (SSSR count). The molecule has 0 aromatic heterocycles. The summed E-state index contributed by atoms with van der Waals surface area (Å²) in [5, 5.41) is 8.42. The summed E-state index contributed by atoms with van der Waals surface area (Å²) >= 11 is 0. The Morgan fingerprint density at radius 2 is 1.13 bits per heavy atom. The van der Waals surface area contributed by atoms with E-state index < -0.39 is 7.92 Å². The molecule has 3 heteroatoms. The minimum absolute atomic E-state index is 0.138. The van der Waals surface area contributed by atoms with Gasteiger partial charge in [-0.1, -0.05) is 140 Å². The molecule has 0 heterocycles. The Morgan fingerprint density at radius 1 is 0.658 bits per heavy atom. The molecule has 192 valence electrons. The molecule has 4 aromatic carbocycles. The summed E-state index contributed by atoms with van der Waals surface area (Å²) in [5.74, 6) is 0.311. The van der Waals surface area contributed by atoms with E-state index in [0.29, 0.717) is 5.92 Å². The standard InChI is InChI=1S/C35H37N2P/c1-27(36-34(28-17-8-4-9-18-28)35(37(2)3)29-19-10-5-11-20-29)32-25-16-26-33(32)38(30-21-12-6-13-22-30)31-23-14-7-15-24-31/h4-27,32,34-36H,1-3H3/t27-,32+,34+,35+/m1/s1. The topological polar surface area (TPSA) is 15.3 Å². The predicted octanol–water partition coefficient (Wildman–Crippen LogP) is 7.21. The lowest BCUT2D eigenvalue weighted by Gasteiger charge is -2.38. The first-order valence-corrected chi connectivity index (χ1v) is 14.8. The van der Waals surface area contributed by atoms with E-state index in [1.807, 2.05) is 0 Å². The van der Waals surface area contributed by atoms with Gasteiger partial charge in [-0.15, -0.1) is 0 Å². The summed E-state index contributed by atoms with van der Waals surface area (Å²) in [6.45, 7) is 2.35. The van der Waals surface area contributed by atoms with Crippen LogP contribution in [0.1, 0.15) is 30.1 Å². The van der Waals surface area contributed by atoms with Gasteiger partial charge in [-0.05, 0) is 56.0 Å². The maximum Gasteiger partial charge on any atom is 0.0538 e. The Morgan fingerprint density at radius 3 is 1.63 bits per heavy atom. The number of nitrogens with one attached hydrogen (secondary N) is 1. The lowest BCUT2D eigenvalue weighted by atomic mass is 9.90. The van der Waals surface area contributed by atoms with Crippen LogP contribution >= 0.6 is 7.92 Å². The van der Waals surface area contributed by atoms with Crippen LogP contribution in [0.25, 0.3) is 0 Å². The summed E-state index contributed by atoms with van der Waals surface area (Å²) < 4.78 is 0.